The monoisotopic (exact) mass is 299 g/mol. The number of rotatable bonds is 7. The molecule has 2 unspecified atom stereocenters. The highest BCUT2D eigenvalue weighted by Gasteiger charge is 2.15. The van der Waals surface area contributed by atoms with Crippen LogP contribution in [0.15, 0.2) is 5.38 Å². The second kappa shape index (κ2) is 7.84. The van der Waals surface area contributed by atoms with Crippen LogP contribution in [0.1, 0.15) is 43.4 Å². The van der Waals surface area contributed by atoms with E-state index in [1.54, 1.807) is 0 Å². The minimum absolute atomic E-state index is 0.0457. The molecule has 7 heteroatoms. The van der Waals surface area contributed by atoms with Crippen LogP contribution in [0.4, 0.5) is 4.79 Å². The summed E-state index contributed by atoms with van der Waals surface area (Å²) in [6.07, 6.45) is 0.784. The van der Waals surface area contributed by atoms with Gasteiger partial charge in [-0.1, -0.05) is 13.3 Å². The van der Waals surface area contributed by atoms with Crippen molar-refractivity contribution < 1.29 is 14.7 Å². The fourth-order valence-electron chi connectivity index (χ4n) is 1.73. The Morgan fingerprint density at radius 3 is 2.70 bits per heavy atom. The second-order valence-electron chi connectivity index (χ2n) is 4.78. The average molecular weight is 299 g/mol. The normalized spacial score (nSPS) is 13.6. The van der Waals surface area contributed by atoms with Gasteiger partial charge in [0.15, 0.2) is 0 Å². The van der Waals surface area contributed by atoms with E-state index in [1.165, 1.54) is 11.3 Å². The van der Waals surface area contributed by atoms with Gasteiger partial charge in [0.1, 0.15) is 5.01 Å². The Balaban J connectivity index is 2.37. The Morgan fingerprint density at radius 2 is 2.20 bits per heavy atom. The maximum atomic E-state index is 11.7. The summed E-state index contributed by atoms with van der Waals surface area (Å²) in [5, 5.41) is 17.0. The third-order valence-corrected chi connectivity index (χ3v) is 4.09. The molecule has 0 aromatic carbocycles. The Morgan fingerprint density at radius 1 is 1.50 bits per heavy atom. The topological polar surface area (TPSA) is 91.3 Å². The number of carboxylic acid groups (broad SMARTS) is 1. The predicted molar refractivity (Wildman–Crippen MR) is 77.8 cm³/mol. The van der Waals surface area contributed by atoms with Gasteiger partial charge in [-0.05, 0) is 19.8 Å². The SMILES string of the molecule is CCC(CNC(=O)NC(C)c1nc(C)cs1)CC(=O)O. The van der Waals surface area contributed by atoms with Crippen LogP contribution >= 0.6 is 11.3 Å². The molecule has 20 heavy (non-hydrogen) atoms. The van der Waals surface area contributed by atoms with Crippen LogP contribution in [0.25, 0.3) is 0 Å². The van der Waals surface area contributed by atoms with Gasteiger partial charge in [-0.2, -0.15) is 0 Å². The number of hydrogen-bond donors (Lipinski definition) is 3. The molecule has 6 nitrogen and oxygen atoms in total. The molecular weight excluding hydrogens is 278 g/mol. The molecule has 1 heterocycles. The van der Waals surface area contributed by atoms with Gasteiger partial charge in [0, 0.05) is 24.0 Å². The number of hydrogen-bond acceptors (Lipinski definition) is 4. The van der Waals surface area contributed by atoms with Crippen molar-refractivity contribution in [3.63, 3.8) is 0 Å². The van der Waals surface area contributed by atoms with Gasteiger partial charge in [0.05, 0.1) is 6.04 Å². The van der Waals surface area contributed by atoms with E-state index in [4.69, 9.17) is 5.11 Å². The summed E-state index contributed by atoms with van der Waals surface area (Å²) in [5.74, 6) is -0.888. The second-order valence-corrected chi connectivity index (χ2v) is 5.66. The number of aromatic nitrogens is 1. The van der Waals surface area contributed by atoms with Crippen LogP contribution in [0.2, 0.25) is 0 Å². The summed E-state index contributed by atoms with van der Waals surface area (Å²) >= 11 is 1.51. The van der Waals surface area contributed by atoms with Crippen LogP contribution in [-0.2, 0) is 4.79 Å². The maximum Gasteiger partial charge on any atom is 0.315 e. The van der Waals surface area contributed by atoms with E-state index in [9.17, 15) is 9.59 Å². The maximum absolute atomic E-state index is 11.7. The molecule has 2 atom stereocenters. The number of nitrogens with one attached hydrogen (secondary N) is 2. The van der Waals surface area contributed by atoms with Crippen LogP contribution in [0.3, 0.4) is 0 Å². The summed E-state index contributed by atoms with van der Waals surface area (Å²) < 4.78 is 0. The van der Waals surface area contributed by atoms with Crippen LogP contribution in [0.5, 0.6) is 0 Å². The molecule has 0 spiro atoms. The number of carboxylic acids is 1. The van der Waals surface area contributed by atoms with Crippen molar-refractivity contribution in [1.82, 2.24) is 15.6 Å². The molecule has 1 rings (SSSR count). The fraction of sp³-hybridized carbons (Fsp3) is 0.615. The lowest BCUT2D eigenvalue weighted by Gasteiger charge is -2.16. The van der Waals surface area contributed by atoms with Crippen molar-refractivity contribution in [3.8, 4) is 0 Å². The van der Waals surface area contributed by atoms with Gasteiger partial charge in [0.25, 0.3) is 0 Å². The van der Waals surface area contributed by atoms with Crippen LogP contribution in [0, 0.1) is 12.8 Å². The first-order valence-corrected chi connectivity index (χ1v) is 7.48. The standard InChI is InChI=1S/C13H21N3O3S/c1-4-10(5-11(17)18)6-14-13(19)16-9(3)12-15-8(2)7-20-12/h7,9-10H,4-6H2,1-3H3,(H,17,18)(H2,14,16,19). The first kappa shape index (κ1) is 16.4. The molecule has 0 saturated carbocycles. The number of aryl methyl sites for hydroxylation is 1. The van der Waals surface area contributed by atoms with Gasteiger partial charge in [-0.3, -0.25) is 4.79 Å². The number of nitrogens with zero attached hydrogens (tertiary/aromatic N) is 1. The van der Waals surface area contributed by atoms with E-state index in [1.807, 2.05) is 26.2 Å². The zero-order valence-corrected chi connectivity index (χ0v) is 12.8. The minimum Gasteiger partial charge on any atom is -0.481 e. The van der Waals surface area contributed by atoms with E-state index < -0.39 is 5.97 Å². The fourth-order valence-corrected chi connectivity index (χ4v) is 2.53. The molecule has 0 saturated heterocycles. The lowest BCUT2D eigenvalue weighted by molar-refractivity contribution is -0.138. The van der Waals surface area contributed by atoms with Crippen molar-refractivity contribution >= 4 is 23.3 Å². The first-order chi connectivity index (χ1) is 9.42. The zero-order valence-electron chi connectivity index (χ0n) is 12.0. The molecule has 0 aliphatic heterocycles. The number of amides is 2. The largest absolute Gasteiger partial charge is 0.481 e. The smallest absolute Gasteiger partial charge is 0.315 e. The lowest BCUT2D eigenvalue weighted by atomic mass is 10.0. The predicted octanol–water partition coefficient (Wildman–Crippen LogP) is 2.31. The summed E-state index contributed by atoms with van der Waals surface area (Å²) in [7, 11) is 0. The molecular formula is C13H21N3O3S. The molecule has 0 aliphatic carbocycles. The number of aliphatic carboxylic acids is 1. The van der Waals surface area contributed by atoms with Gasteiger partial charge < -0.3 is 15.7 Å². The first-order valence-electron chi connectivity index (χ1n) is 6.60. The third-order valence-electron chi connectivity index (χ3n) is 2.95. The highest BCUT2D eigenvalue weighted by Crippen LogP contribution is 2.17. The van der Waals surface area contributed by atoms with Crippen molar-refractivity contribution in [2.24, 2.45) is 5.92 Å². The molecule has 1 aromatic rings. The van der Waals surface area contributed by atoms with Gasteiger partial charge in [-0.15, -0.1) is 11.3 Å². The number of thiazole rings is 1. The summed E-state index contributed by atoms with van der Waals surface area (Å²) in [5.41, 5.74) is 0.937. The molecule has 2 amide bonds. The van der Waals surface area contributed by atoms with E-state index >= 15 is 0 Å². The average Bonchev–Trinajstić information content (AvgIpc) is 2.80. The highest BCUT2D eigenvalue weighted by molar-refractivity contribution is 7.09. The van der Waals surface area contributed by atoms with E-state index in [0.29, 0.717) is 13.0 Å². The number of carbonyl (C=O) groups excluding carboxylic acids is 1. The minimum atomic E-state index is -0.842. The lowest BCUT2D eigenvalue weighted by Crippen LogP contribution is -2.39. The van der Waals surface area contributed by atoms with Gasteiger partial charge >= 0.3 is 12.0 Å². The Hall–Kier alpha value is -1.63. The number of urea groups is 1. The molecule has 112 valence electrons. The molecule has 3 N–H and O–H groups in total. The Kier molecular flexibility index (Phi) is 6.44. The van der Waals surface area contributed by atoms with Crippen LogP contribution in [-0.4, -0.2) is 28.6 Å². The molecule has 0 radical (unpaired) electrons. The van der Waals surface area contributed by atoms with Crippen LogP contribution < -0.4 is 10.6 Å². The third kappa shape index (κ3) is 5.56. The van der Waals surface area contributed by atoms with E-state index in [-0.39, 0.29) is 24.4 Å². The quantitative estimate of drug-likeness (QED) is 0.720. The molecule has 0 bridgehead atoms. The summed E-state index contributed by atoms with van der Waals surface area (Å²) in [6, 6.07) is -0.456. The molecule has 1 aromatic heterocycles. The number of carbonyl (C=O) groups is 2. The van der Waals surface area contributed by atoms with E-state index in [2.05, 4.69) is 15.6 Å². The Bertz CT molecular complexity index is 461. The molecule has 0 aliphatic rings. The van der Waals surface area contributed by atoms with E-state index in [0.717, 1.165) is 10.7 Å². The van der Waals surface area contributed by atoms with Gasteiger partial charge in [-0.25, -0.2) is 9.78 Å². The van der Waals surface area contributed by atoms with Crippen molar-refractivity contribution in [2.75, 3.05) is 6.54 Å². The zero-order chi connectivity index (χ0) is 15.1. The Labute approximate surface area is 122 Å². The van der Waals surface area contributed by atoms with Crippen molar-refractivity contribution in [3.05, 3.63) is 16.1 Å². The van der Waals surface area contributed by atoms with Crippen molar-refractivity contribution in [2.45, 2.75) is 39.7 Å². The van der Waals surface area contributed by atoms with Crippen molar-refractivity contribution in [1.29, 1.82) is 0 Å². The summed E-state index contributed by atoms with van der Waals surface area (Å²) in [4.78, 5) is 26.7. The molecule has 0 fully saturated rings. The summed E-state index contributed by atoms with van der Waals surface area (Å²) in [6.45, 7) is 6.04. The highest BCUT2D eigenvalue weighted by atomic mass is 32.1. The van der Waals surface area contributed by atoms with Gasteiger partial charge in [0.2, 0.25) is 0 Å².